The van der Waals surface area contributed by atoms with Crippen LogP contribution in [0.3, 0.4) is 0 Å². The molecule has 23 heavy (non-hydrogen) atoms. The molecule has 0 saturated carbocycles. The maximum Gasteiger partial charge on any atom is 0.209 e. The Bertz CT molecular complexity index is 726. The largest absolute Gasteiger partial charge is 0.330 e. The van der Waals surface area contributed by atoms with Gasteiger partial charge in [0, 0.05) is 5.69 Å². The lowest BCUT2D eigenvalue weighted by molar-refractivity contribution is -0.929. The molecule has 1 saturated heterocycles. The number of aryl methyl sites for hydroxylation is 1. The molecule has 2 aromatic rings. The van der Waals surface area contributed by atoms with E-state index < -0.39 is 0 Å². The Morgan fingerprint density at radius 3 is 2.83 bits per heavy atom. The second-order valence-corrected chi connectivity index (χ2v) is 8.26. The van der Waals surface area contributed by atoms with Crippen LogP contribution in [0.4, 0.5) is 10.8 Å². The highest BCUT2D eigenvalue weighted by Crippen LogP contribution is 2.24. The van der Waals surface area contributed by atoms with Gasteiger partial charge in [0.1, 0.15) is 0 Å². The van der Waals surface area contributed by atoms with Crippen molar-refractivity contribution in [2.24, 2.45) is 5.92 Å². The van der Waals surface area contributed by atoms with Gasteiger partial charge in [-0.2, -0.15) is 4.68 Å². The van der Waals surface area contributed by atoms with Gasteiger partial charge in [0.25, 0.3) is 0 Å². The van der Waals surface area contributed by atoms with Crippen molar-refractivity contribution in [2.45, 2.75) is 40.3 Å². The van der Waals surface area contributed by atoms with E-state index in [4.69, 9.17) is 12.2 Å². The molecule has 3 rings (SSSR count). The molecule has 1 aliphatic rings. The van der Waals surface area contributed by atoms with E-state index in [0.717, 1.165) is 27.4 Å². The number of hydrogen-bond donors (Lipinski definition) is 2. The van der Waals surface area contributed by atoms with Gasteiger partial charge < -0.3 is 10.2 Å². The first-order valence-corrected chi connectivity index (χ1v) is 9.50. The summed E-state index contributed by atoms with van der Waals surface area (Å²) in [7, 11) is 0. The predicted octanol–water partition coefficient (Wildman–Crippen LogP) is 3.31. The minimum absolute atomic E-state index is 0.851. The van der Waals surface area contributed by atoms with Crippen LogP contribution in [0.5, 0.6) is 0 Å². The molecule has 1 aromatic carbocycles. The summed E-state index contributed by atoms with van der Waals surface area (Å²) in [5.41, 5.74) is 3.65. The number of nitrogens with one attached hydrogen (secondary N) is 2. The molecule has 0 unspecified atom stereocenters. The summed E-state index contributed by atoms with van der Waals surface area (Å²) in [5, 5.41) is 9.00. The molecule has 0 radical (unpaired) electrons. The van der Waals surface area contributed by atoms with Gasteiger partial charge in [-0.05, 0) is 62.0 Å². The topological polar surface area (TPSA) is 34.3 Å². The Morgan fingerprint density at radius 2 is 2.09 bits per heavy atom. The van der Waals surface area contributed by atoms with Gasteiger partial charge in [-0.15, -0.1) is 5.10 Å². The fourth-order valence-electron chi connectivity index (χ4n) is 3.00. The van der Waals surface area contributed by atoms with Gasteiger partial charge in [0.15, 0.2) is 10.6 Å². The average Bonchev–Trinajstić information content (AvgIpc) is 2.86. The van der Waals surface area contributed by atoms with E-state index >= 15 is 0 Å². The lowest BCUT2D eigenvalue weighted by Gasteiger charge is -2.26. The summed E-state index contributed by atoms with van der Waals surface area (Å²) in [6.07, 6.45) is 2.61. The molecule has 2 heterocycles. The Hall–Kier alpha value is -1.24. The van der Waals surface area contributed by atoms with E-state index in [1.807, 2.05) is 4.68 Å². The van der Waals surface area contributed by atoms with Crippen molar-refractivity contribution in [3.8, 4) is 0 Å². The molecular weight excluding hydrogens is 324 g/mol. The van der Waals surface area contributed by atoms with E-state index in [1.165, 1.54) is 37.1 Å². The summed E-state index contributed by atoms with van der Waals surface area (Å²) in [6, 6.07) is 6.29. The minimum atomic E-state index is 0.851. The monoisotopic (exact) mass is 349 g/mol. The normalized spacial score (nSPS) is 21.3. The average molecular weight is 350 g/mol. The highest BCUT2D eigenvalue weighted by molar-refractivity contribution is 7.73. The van der Waals surface area contributed by atoms with E-state index in [2.05, 4.69) is 49.4 Å². The molecule has 0 aliphatic carbocycles. The summed E-state index contributed by atoms with van der Waals surface area (Å²) >= 11 is 7.06. The van der Waals surface area contributed by atoms with Crippen molar-refractivity contribution in [2.75, 3.05) is 18.4 Å². The fraction of sp³-hybridized carbons (Fsp3) is 0.529. The third-order valence-electron chi connectivity index (χ3n) is 4.81. The third-order valence-corrected chi connectivity index (χ3v) is 6.03. The summed E-state index contributed by atoms with van der Waals surface area (Å²) in [4.78, 5) is 1.59. The molecule has 1 fully saturated rings. The van der Waals surface area contributed by atoms with Gasteiger partial charge in [0.05, 0.1) is 13.1 Å². The first kappa shape index (κ1) is 16.6. The summed E-state index contributed by atoms with van der Waals surface area (Å²) in [6.45, 7) is 9.93. The number of aromatic nitrogens is 2. The van der Waals surface area contributed by atoms with Crippen LogP contribution in [0.2, 0.25) is 0 Å². The predicted molar refractivity (Wildman–Crippen MR) is 99.2 cm³/mol. The van der Waals surface area contributed by atoms with Crippen molar-refractivity contribution in [3.63, 3.8) is 0 Å². The van der Waals surface area contributed by atoms with Gasteiger partial charge in [-0.1, -0.05) is 30.4 Å². The maximum absolute atomic E-state index is 5.51. The standard InChI is InChI=1S/C17H24N4S2/c1-12-7-9-20(10-8-12)11-21-17(22)23-16(19-21)18-15-6-4-5-13(2)14(15)3/h4-6,12H,7-11H2,1-3H3,(H,18,19)/p+1. The lowest BCUT2D eigenvalue weighted by Crippen LogP contribution is -3.12. The van der Waals surface area contributed by atoms with E-state index in [9.17, 15) is 0 Å². The zero-order valence-electron chi connectivity index (χ0n) is 14.1. The SMILES string of the molecule is Cc1cccc(Nc2nn(C[NH+]3CCC(C)CC3)c(=S)s2)c1C. The lowest BCUT2D eigenvalue weighted by atomic mass is 10.00. The van der Waals surface area contributed by atoms with Crippen molar-refractivity contribution < 1.29 is 4.90 Å². The van der Waals surface area contributed by atoms with Crippen LogP contribution >= 0.6 is 23.6 Å². The molecule has 124 valence electrons. The van der Waals surface area contributed by atoms with Gasteiger partial charge in [-0.3, -0.25) is 0 Å². The molecular formula is C17H25N4S2+. The number of anilines is 2. The number of hydrogen-bond acceptors (Lipinski definition) is 4. The number of likely N-dealkylation sites (tertiary alicyclic amines) is 1. The molecule has 0 atom stereocenters. The molecule has 4 nitrogen and oxygen atoms in total. The van der Waals surface area contributed by atoms with Crippen LogP contribution in [0, 0.1) is 23.7 Å². The second-order valence-electron chi connectivity index (χ2n) is 6.64. The molecule has 2 N–H and O–H groups in total. The Balaban J connectivity index is 1.71. The van der Waals surface area contributed by atoms with Crippen molar-refractivity contribution in [3.05, 3.63) is 33.3 Å². The minimum Gasteiger partial charge on any atom is -0.330 e. The zero-order valence-corrected chi connectivity index (χ0v) is 15.7. The Morgan fingerprint density at radius 1 is 1.35 bits per heavy atom. The first-order chi connectivity index (χ1) is 11.0. The summed E-state index contributed by atoms with van der Waals surface area (Å²) in [5.74, 6) is 0.865. The molecule has 0 amide bonds. The van der Waals surface area contributed by atoms with Crippen LogP contribution in [0.1, 0.15) is 30.9 Å². The molecule has 1 aliphatic heterocycles. The van der Waals surface area contributed by atoms with Crippen molar-refractivity contribution >= 4 is 34.4 Å². The van der Waals surface area contributed by atoms with Crippen LogP contribution in [0.15, 0.2) is 18.2 Å². The molecule has 0 spiro atoms. The summed E-state index contributed by atoms with van der Waals surface area (Å²) < 4.78 is 2.84. The van der Waals surface area contributed by atoms with Crippen molar-refractivity contribution in [1.82, 2.24) is 9.78 Å². The van der Waals surface area contributed by atoms with Gasteiger partial charge in [-0.25, -0.2) is 0 Å². The van der Waals surface area contributed by atoms with Crippen LogP contribution in [0.25, 0.3) is 0 Å². The highest BCUT2D eigenvalue weighted by Gasteiger charge is 2.20. The Labute approximate surface area is 147 Å². The number of nitrogens with zero attached hydrogens (tertiary/aromatic N) is 2. The number of quaternary nitrogens is 1. The zero-order chi connectivity index (χ0) is 16.4. The number of benzene rings is 1. The number of piperidine rings is 1. The van der Waals surface area contributed by atoms with Crippen LogP contribution in [-0.4, -0.2) is 22.9 Å². The van der Waals surface area contributed by atoms with Gasteiger partial charge in [0.2, 0.25) is 5.13 Å². The second kappa shape index (κ2) is 7.11. The van der Waals surface area contributed by atoms with E-state index in [0.29, 0.717) is 0 Å². The Kier molecular flexibility index (Phi) is 5.14. The van der Waals surface area contributed by atoms with Gasteiger partial charge >= 0.3 is 0 Å². The smallest absolute Gasteiger partial charge is 0.209 e. The van der Waals surface area contributed by atoms with E-state index in [-0.39, 0.29) is 0 Å². The van der Waals surface area contributed by atoms with Crippen LogP contribution in [-0.2, 0) is 6.67 Å². The number of rotatable bonds is 4. The maximum atomic E-state index is 5.51. The third kappa shape index (κ3) is 4.00. The fourth-order valence-corrected chi connectivity index (χ4v) is 4.02. The quantitative estimate of drug-likeness (QED) is 0.831. The molecule has 6 heteroatoms. The molecule has 1 aromatic heterocycles. The van der Waals surface area contributed by atoms with E-state index in [1.54, 1.807) is 16.2 Å². The highest BCUT2D eigenvalue weighted by atomic mass is 32.1. The molecule has 0 bridgehead atoms. The first-order valence-electron chi connectivity index (χ1n) is 8.27. The van der Waals surface area contributed by atoms with Crippen molar-refractivity contribution in [1.29, 1.82) is 0 Å². The van der Waals surface area contributed by atoms with Crippen LogP contribution < -0.4 is 10.2 Å².